The van der Waals surface area contributed by atoms with Crippen LogP contribution in [0.5, 0.6) is 5.75 Å². The van der Waals surface area contributed by atoms with Gasteiger partial charge in [0.05, 0.1) is 5.69 Å². The van der Waals surface area contributed by atoms with E-state index in [4.69, 9.17) is 4.74 Å². The van der Waals surface area contributed by atoms with Crippen molar-refractivity contribution in [2.24, 2.45) is 0 Å². The van der Waals surface area contributed by atoms with Gasteiger partial charge >= 0.3 is 0 Å². The number of aryl methyl sites for hydroxylation is 1. The fraction of sp³-hybridized carbons (Fsp3) is 0.611. The number of hydrogen-bond donors (Lipinski definition) is 1. The summed E-state index contributed by atoms with van der Waals surface area (Å²) in [6.45, 7) is 9.42. The number of amides is 1. The highest BCUT2D eigenvalue weighted by atomic mass is 16.5. The molecule has 5 nitrogen and oxygen atoms in total. The summed E-state index contributed by atoms with van der Waals surface area (Å²) in [5.41, 5.74) is 2.26. The highest BCUT2D eigenvalue weighted by Gasteiger charge is 2.22. The van der Waals surface area contributed by atoms with E-state index in [1.807, 2.05) is 17.0 Å². The Balaban J connectivity index is 1.67. The Hall–Kier alpha value is -1.59. The zero-order chi connectivity index (χ0) is 16.4. The zero-order valence-electron chi connectivity index (χ0n) is 14.3. The smallest absolute Gasteiger partial charge is 0.223 e. The molecule has 2 heterocycles. The van der Waals surface area contributed by atoms with Gasteiger partial charge in [0.2, 0.25) is 5.91 Å². The van der Waals surface area contributed by atoms with Crippen molar-refractivity contribution in [1.29, 1.82) is 0 Å². The molecule has 1 amide bonds. The number of benzene rings is 1. The van der Waals surface area contributed by atoms with Gasteiger partial charge in [0.15, 0.2) is 0 Å². The molecule has 2 atom stereocenters. The first-order chi connectivity index (χ1) is 11.0. The van der Waals surface area contributed by atoms with Gasteiger partial charge in [-0.05, 0) is 38.3 Å². The topological polar surface area (TPSA) is 44.8 Å². The number of nitrogens with zero attached hydrogens (tertiary/aromatic N) is 2. The Morgan fingerprint density at radius 1 is 1.30 bits per heavy atom. The molecule has 1 aromatic rings. The van der Waals surface area contributed by atoms with Crippen LogP contribution in [-0.2, 0) is 11.2 Å². The van der Waals surface area contributed by atoms with Crippen molar-refractivity contribution in [2.45, 2.75) is 45.7 Å². The summed E-state index contributed by atoms with van der Waals surface area (Å²) in [5.74, 6) is 0.948. The normalized spacial score (nSPS) is 25.1. The summed E-state index contributed by atoms with van der Waals surface area (Å²) in [4.78, 5) is 16.0. The average Bonchev–Trinajstić information content (AvgIpc) is 2.51. The summed E-state index contributed by atoms with van der Waals surface area (Å²) in [7, 11) is 0. The number of carbonyl (C=O) groups is 1. The molecule has 2 aliphatic heterocycles. The first kappa shape index (κ1) is 16.3. The molecule has 0 aromatic heterocycles. The van der Waals surface area contributed by atoms with E-state index >= 15 is 0 Å². The lowest BCUT2D eigenvalue weighted by Gasteiger charge is -2.35. The minimum absolute atomic E-state index is 0.104. The van der Waals surface area contributed by atoms with Crippen LogP contribution in [0.1, 0.15) is 32.8 Å². The van der Waals surface area contributed by atoms with Crippen LogP contribution in [0.2, 0.25) is 0 Å². The summed E-state index contributed by atoms with van der Waals surface area (Å²) in [6.07, 6.45) is 2.07. The first-order valence-electron chi connectivity index (χ1n) is 8.55. The fourth-order valence-corrected chi connectivity index (χ4v) is 3.68. The Labute approximate surface area is 138 Å². The quantitative estimate of drug-likeness (QED) is 0.926. The Morgan fingerprint density at radius 2 is 2.04 bits per heavy atom. The molecule has 1 N–H and O–H groups in total. The Kier molecular flexibility index (Phi) is 4.87. The number of carbonyl (C=O) groups excluding carboxylic acids is 1. The van der Waals surface area contributed by atoms with Crippen molar-refractivity contribution in [3.8, 4) is 5.75 Å². The molecule has 23 heavy (non-hydrogen) atoms. The number of anilines is 1. The predicted molar refractivity (Wildman–Crippen MR) is 91.9 cm³/mol. The standard InChI is InChI=1S/C18H27N3O2/c1-13-10-20(11-14(2)19-13)12-23-17-7-6-16-5-4-8-21(15(3)22)18(16)9-17/h6-7,9,13-14,19H,4-5,8,10-12H2,1-3H3/t13-,14+. The van der Waals surface area contributed by atoms with E-state index in [-0.39, 0.29) is 5.91 Å². The van der Waals surface area contributed by atoms with Crippen molar-refractivity contribution >= 4 is 11.6 Å². The molecule has 1 saturated heterocycles. The monoisotopic (exact) mass is 317 g/mol. The summed E-state index contributed by atoms with van der Waals surface area (Å²) in [6, 6.07) is 7.11. The van der Waals surface area contributed by atoms with Gasteiger partial charge in [-0.15, -0.1) is 0 Å². The molecule has 126 valence electrons. The van der Waals surface area contributed by atoms with Crippen LogP contribution in [-0.4, -0.2) is 49.3 Å². The lowest BCUT2D eigenvalue weighted by molar-refractivity contribution is -0.116. The van der Waals surface area contributed by atoms with E-state index < -0.39 is 0 Å². The van der Waals surface area contributed by atoms with Gasteiger partial charge in [0.25, 0.3) is 0 Å². The second-order valence-corrected chi connectivity index (χ2v) is 6.84. The number of piperazine rings is 1. The molecule has 1 aromatic carbocycles. The van der Waals surface area contributed by atoms with Crippen molar-refractivity contribution in [1.82, 2.24) is 10.2 Å². The second-order valence-electron chi connectivity index (χ2n) is 6.84. The molecule has 0 unspecified atom stereocenters. The number of ether oxygens (including phenoxy) is 1. The van der Waals surface area contributed by atoms with E-state index in [0.29, 0.717) is 18.8 Å². The fourth-order valence-electron chi connectivity index (χ4n) is 3.68. The van der Waals surface area contributed by atoms with Crippen molar-refractivity contribution in [3.63, 3.8) is 0 Å². The van der Waals surface area contributed by atoms with Gasteiger partial charge in [-0.2, -0.15) is 0 Å². The van der Waals surface area contributed by atoms with Gasteiger partial charge in [0, 0.05) is 44.7 Å². The maximum Gasteiger partial charge on any atom is 0.223 e. The van der Waals surface area contributed by atoms with Crippen LogP contribution in [0.4, 0.5) is 5.69 Å². The maximum absolute atomic E-state index is 11.8. The summed E-state index contributed by atoms with van der Waals surface area (Å²) >= 11 is 0. The van der Waals surface area contributed by atoms with Crippen molar-refractivity contribution in [3.05, 3.63) is 23.8 Å². The third-order valence-corrected chi connectivity index (χ3v) is 4.60. The molecule has 1 fully saturated rings. The molecule has 0 spiro atoms. The molecule has 0 saturated carbocycles. The van der Waals surface area contributed by atoms with E-state index in [9.17, 15) is 4.79 Å². The molecule has 0 bridgehead atoms. The molecule has 0 radical (unpaired) electrons. The largest absolute Gasteiger partial charge is 0.478 e. The molecule has 2 aliphatic rings. The minimum atomic E-state index is 0.104. The lowest BCUT2D eigenvalue weighted by Crippen LogP contribution is -2.54. The van der Waals surface area contributed by atoms with Gasteiger partial charge < -0.3 is 15.0 Å². The number of hydrogen-bond acceptors (Lipinski definition) is 4. The van der Waals surface area contributed by atoms with Crippen molar-refractivity contribution in [2.75, 3.05) is 31.3 Å². The number of nitrogens with one attached hydrogen (secondary N) is 1. The third-order valence-electron chi connectivity index (χ3n) is 4.60. The average molecular weight is 317 g/mol. The van der Waals surface area contributed by atoms with E-state index in [1.54, 1.807) is 6.92 Å². The van der Waals surface area contributed by atoms with Crippen molar-refractivity contribution < 1.29 is 9.53 Å². The maximum atomic E-state index is 11.8. The predicted octanol–water partition coefficient (Wildman–Crippen LogP) is 2.00. The van der Waals surface area contributed by atoms with Crippen LogP contribution in [0.15, 0.2) is 18.2 Å². The summed E-state index contributed by atoms with van der Waals surface area (Å²) < 4.78 is 6.00. The van der Waals surface area contributed by atoms with E-state index in [1.165, 1.54) is 5.56 Å². The highest BCUT2D eigenvalue weighted by molar-refractivity contribution is 5.93. The van der Waals surface area contributed by atoms with Crippen LogP contribution in [0, 0.1) is 0 Å². The van der Waals surface area contributed by atoms with Gasteiger partial charge in [-0.3, -0.25) is 9.69 Å². The highest BCUT2D eigenvalue weighted by Crippen LogP contribution is 2.31. The third kappa shape index (κ3) is 3.85. The SMILES string of the molecule is CC(=O)N1CCCc2ccc(OCN3C[C@@H](C)N[C@@H](C)C3)cc21. The molecular weight excluding hydrogens is 290 g/mol. The molecular formula is C18H27N3O2. The van der Waals surface area contributed by atoms with E-state index in [2.05, 4.69) is 30.1 Å². The Bertz CT molecular complexity index is 565. The van der Waals surface area contributed by atoms with Crippen LogP contribution in [0.3, 0.4) is 0 Å². The summed E-state index contributed by atoms with van der Waals surface area (Å²) in [5, 5.41) is 3.53. The minimum Gasteiger partial charge on any atom is -0.478 e. The second kappa shape index (κ2) is 6.89. The van der Waals surface area contributed by atoms with Gasteiger partial charge in [-0.25, -0.2) is 0 Å². The van der Waals surface area contributed by atoms with Crippen LogP contribution < -0.4 is 15.0 Å². The first-order valence-corrected chi connectivity index (χ1v) is 8.55. The molecule has 3 rings (SSSR count). The molecule has 0 aliphatic carbocycles. The number of rotatable bonds is 3. The van der Waals surface area contributed by atoms with Gasteiger partial charge in [-0.1, -0.05) is 6.07 Å². The zero-order valence-corrected chi connectivity index (χ0v) is 14.3. The van der Waals surface area contributed by atoms with Gasteiger partial charge in [0.1, 0.15) is 12.5 Å². The van der Waals surface area contributed by atoms with Crippen LogP contribution >= 0.6 is 0 Å². The number of fused-ring (bicyclic) bond motifs is 1. The lowest BCUT2D eigenvalue weighted by atomic mass is 10.0. The van der Waals surface area contributed by atoms with Crippen LogP contribution in [0.25, 0.3) is 0 Å². The van der Waals surface area contributed by atoms with E-state index in [0.717, 1.165) is 43.9 Å². The Morgan fingerprint density at radius 3 is 2.74 bits per heavy atom. The molecule has 5 heteroatoms.